The molecule has 0 atom stereocenters. The Kier molecular flexibility index (Phi) is 6.63. The molecule has 1 aromatic heterocycles. The Bertz CT molecular complexity index is 1430. The molecule has 0 bridgehead atoms. The first-order valence-electron chi connectivity index (χ1n) is 10.8. The maximum Gasteiger partial charge on any atom is 0.293 e. The molecule has 0 unspecified atom stereocenters. The number of imide groups is 1. The van der Waals surface area contributed by atoms with E-state index in [2.05, 4.69) is 20.5 Å². The maximum atomic E-state index is 13.1. The average molecular weight is 552 g/mol. The Labute approximate surface area is 215 Å². The Balaban J connectivity index is 1.45. The number of amides is 2. The Morgan fingerprint density at radius 2 is 1.74 bits per heavy atom. The minimum atomic E-state index is -0.243. The number of carbonyl (C=O) groups excluding carboxylic acids is 2. The van der Waals surface area contributed by atoms with Crippen LogP contribution in [0.25, 0.3) is 17.0 Å². The second kappa shape index (κ2) is 9.82. The van der Waals surface area contributed by atoms with Crippen molar-refractivity contribution >= 4 is 67.4 Å². The maximum absolute atomic E-state index is 13.1. The molecule has 1 saturated heterocycles. The topological polar surface area (TPSA) is 42.3 Å². The lowest BCUT2D eigenvalue weighted by Crippen LogP contribution is -2.30. The minimum Gasteiger partial charge on any atom is -0.342 e. The molecule has 2 amide bonds. The molecule has 4 aromatic rings. The van der Waals surface area contributed by atoms with Crippen molar-refractivity contribution in [2.24, 2.45) is 0 Å². The zero-order valence-electron chi connectivity index (χ0n) is 18.1. The normalized spacial score (nSPS) is 15.1. The summed E-state index contributed by atoms with van der Waals surface area (Å²) < 4.78 is 3.06. The van der Waals surface area contributed by atoms with Gasteiger partial charge < -0.3 is 4.57 Å². The van der Waals surface area contributed by atoms with Gasteiger partial charge in [-0.05, 0) is 59.7 Å². The van der Waals surface area contributed by atoms with Crippen LogP contribution >= 0.6 is 39.3 Å². The molecule has 0 spiro atoms. The summed E-state index contributed by atoms with van der Waals surface area (Å²) in [5.41, 5.74) is 4.02. The van der Waals surface area contributed by atoms with Crippen LogP contribution in [-0.4, -0.2) is 27.2 Å². The number of hydrogen-bond donors (Lipinski definition) is 0. The number of halogens is 2. The van der Waals surface area contributed by atoms with E-state index in [0.717, 1.165) is 43.8 Å². The van der Waals surface area contributed by atoms with Gasteiger partial charge in [-0.1, -0.05) is 76.1 Å². The summed E-state index contributed by atoms with van der Waals surface area (Å²) in [5.74, 6) is -0.243. The van der Waals surface area contributed by atoms with Crippen molar-refractivity contribution in [1.29, 1.82) is 0 Å². The monoisotopic (exact) mass is 550 g/mol. The van der Waals surface area contributed by atoms with Gasteiger partial charge in [0.05, 0.1) is 4.91 Å². The summed E-state index contributed by atoms with van der Waals surface area (Å²) in [7, 11) is 0. The predicted octanol–water partition coefficient (Wildman–Crippen LogP) is 7.38. The van der Waals surface area contributed by atoms with E-state index in [9.17, 15) is 9.59 Å². The van der Waals surface area contributed by atoms with E-state index in [1.54, 1.807) is 0 Å². The molecular formula is C27H20BrClN2O2S. The Morgan fingerprint density at radius 3 is 2.53 bits per heavy atom. The number of thioether (sulfide) groups is 1. The first kappa shape index (κ1) is 23.0. The van der Waals surface area contributed by atoms with E-state index >= 15 is 0 Å². The Hall–Kier alpha value is -2.80. The van der Waals surface area contributed by atoms with Gasteiger partial charge in [0, 0.05) is 45.2 Å². The lowest BCUT2D eigenvalue weighted by molar-refractivity contribution is -0.122. The first-order valence-corrected chi connectivity index (χ1v) is 12.8. The smallest absolute Gasteiger partial charge is 0.293 e. The molecule has 0 radical (unpaired) electrons. The lowest BCUT2D eigenvalue weighted by atomic mass is 10.1. The highest BCUT2D eigenvalue weighted by molar-refractivity contribution is 9.10. The summed E-state index contributed by atoms with van der Waals surface area (Å²) in [4.78, 5) is 27.5. The molecule has 7 heteroatoms. The number of rotatable bonds is 6. The summed E-state index contributed by atoms with van der Waals surface area (Å²) in [6.45, 7) is 0.968. The van der Waals surface area contributed by atoms with E-state index in [1.165, 1.54) is 4.90 Å². The van der Waals surface area contributed by atoms with Crippen molar-refractivity contribution in [2.45, 2.75) is 13.0 Å². The van der Waals surface area contributed by atoms with Crippen LogP contribution in [0.1, 0.15) is 16.7 Å². The fraction of sp³-hybridized carbons (Fsp3) is 0.111. The van der Waals surface area contributed by atoms with Crippen molar-refractivity contribution in [2.75, 3.05) is 6.54 Å². The van der Waals surface area contributed by atoms with Crippen LogP contribution in [0.5, 0.6) is 0 Å². The molecule has 34 heavy (non-hydrogen) atoms. The molecule has 5 rings (SSSR count). The molecule has 170 valence electrons. The van der Waals surface area contributed by atoms with Gasteiger partial charge in [0.1, 0.15) is 0 Å². The van der Waals surface area contributed by atoms with Crippen molar-refractivity contribution in [3.05, 3.63) is 110 Å². The van der Waals surface area contributed by atoms with Gasteiger partial charge in [-0.2, -0.15) is 0 Å². The highest BCUT2D eigenvalue weighted by Crippen LogP contribution is 2.35. The third-order valence-corrected chi connectivity index (χ3v) is 7.57. The Morgan fingerprint density at radius 1 is 0.971 bits per heavy atom. The van der Waals surface area contributed by atoms with Crippen LogP contribution in [0.3, 0.4) is 0 Å². The summed E-state index contributed by atoms with van der Waals surface area (Å²) in [6, 6.07) is 23.7. The van der Waals surface area contributed by atoms with Crippen molar-refractivity contribution in [1.82, 2.24) is 9.47 Å². The highest BCUT2D eigenvalue weighted by Gasteiger charge is 2.34. The van der Waals surface area contributed by atoms with Gasteiger partial charge in [-0.15, -0.1) is 0 Å². The second-order valence-electron chi connectivity index (χ2n) is 8.03. The van der Waals surface area contributed by atoms with Crippen molar-refractivity contribution < 1.29 is 9.59 Å². The number of aromatic nitrogens is 1. The largest absolute Gasteiger partial charge is 0.342 e. The third-order valence-electron chi connectivity index (χ3n) is 5.80. The van der Waals surface area contributed by atoms with Crippen LogP contribution in [0, 0.1) is 0 Å². The average Bonchev–Trinajstić information content (AvgIpc) is 3.30. The summed E-state index contributed by atoms with van der Waals surface area (Å²) in [5, 5.41) is 1.48. The molecule has 0 saturated carbocycles. The third kappa shape index (κ3) is 4.71. The minimum absolute atomic E-state index is 0.229. The molecule has 3 aromatic carbocycles. The van der Waals surface area contributed by atoms with Gasteiger partial charge in [-0.3, -0.25) is 14.5 Å². The van der Waals surface area contributed by atoms with Crippen molar-refractivity contribution in [3.63, 3.8) is 0 Å². The van der Waals surface area contributed by atoms with Gasteiger partial charge in [0.15, 0.2) is 0 Å². The molecule has 0 N–H and O–H groups in total. The number of hydrogen-bond acceptors (Lipinski definition) is 3. The zero-order chi connectivity index (χ0) is 23.7. The van der Waals surface area contributed by atoms with Gasteiger partial charge in [0.2, 0.25) is 0 Å². The molecule has 1 aliphatic heterocycles. The zero-order valence-corrected chi connectivity index (χ0v) is 21.2. The molecule has 1 aliphatic rings. The summed E-state index contributed by atoms with van der Waals surface area (Å²) in [6.07, 6.45) is 4.47. The fourth-order valence-corrected chi connectivity index (χ4v) is 5.48. The van der Waals surface area contributed by atoms with E-state index in [-0.39, 0.29) is 11.1 Å². The molecule has 2 heterocycles. The number of benzene rings is 3. The van der Waals surface area contributed by atoms with E-state index in [0.29, 0.717) is 29.4 Å². The SMILES string of the molecule is O=C1S/C(=C\c2cn(Cc3ccccc3Cl)c3ccc(Br)cc23)C(=O)N1CCc1ccccc1. The van der Waals surface area contributed by atoms with Crippen molar-refractivity contribution in [3.8, 4) is 0 Å². The molecule has 1 fully saturated rings. The first-order chi connectivity index (χ1) is 16.5. The van der Waals surface area contributed by atoms with E-state index < -0.39 is 0 Å². The standard InChI is InChI=1S/C27H20BrClN2O2S/c28-21-10-11-24-22(15-21)20(17-30(24)16-19-8-4-5-9-23(19)29)14-25-26(32)31(27(33)34-25)13-12-18-6-2-1-3-7-18/h1-11,14-15,17H,12-13,16H2/b25-14-. The molecule has 0 aliphatic carbocycles. The lowest BCUT2D eigenvalue weighted by Gasteiger charge is -2.12. The predicted molar refractivity (Wildman–Crippen MR) is 143 cm³/mol. The fourth-order valence-electron chi connectivity index (χ4n) is 4.07. The van der Waals surface area contributed by atoms with Gasteiger partial charge in [-0.25, -0.2) is 0 Å². The van der Waals surface area contributed by atoms with E-state index in [1.807, 2.05) is 85.1 Å². The highest BCUT2D eigenvalue weighted by atomic mass is 79.9. The van der Waals surface area contributed by atoms with Crippen LogP contribution < -0.4 is 0 Å². The van der Waals surface area contributed by atoms with Gasteiger partial charge >= 0.3 is 0 Å². The van der Waals surface area contributed by atoms with Crippen LogP contribution in [-0.2, 0) is 17.8 Å². The number of nitrogens with zero attached hydrogens (tertiary/aromatic N) is 2. The number of fused-ring (bicyclic) bond motifs is 1. The number of carbonyl (C=O) groups is 2. The molecular weight excluding hydrogens is 532 g/mol. The molecule has 4 nitrogen and oxygen atoms in total. The van der Waals surface area contributed by atoms with Crippen LogP contribution in [0.4, 0.5) is 4.79 Å². The van der Waals surface area contributed by atoms with Crippen LogP contribution in [0.15, 0.2) is 88.4 Å². The van der Waals surface area contributed by atoms with E-state index in [4.69, 9.17) is 11.6 Å². The van der Waals surface area contributed by atoms with Crippen LogP contribution in [0.2, 0.25) is 5.02 Å². The van der Waals surface area contributed by atoms with Gasteiger partial charge in [0.25, 0.3) is 11.1 Å². The second-order valence-corrected chi connectivity index (χ2v) is 10.4. The summed E-state index contributed by atoms with van der Waals surface area (Å²) >= 11 is 10.9. The quantitative estimate of drug-likeness (QED) is 0.235.